The summed E-state index contributed by atoms with van der Waals surface area (Å²) in [4.78, 5) is 4.28. The Bertz CT molecular complexity index is 616. The van der Waals surface area contributed by atoms with Crippen molar-refractivity contribution in [2.24, 2.45) is 0 Å². The molecule has 3 rings (SSSR count). The summed E-state index contributed by atoms with van der Waals surface area (Å²) in [6.07, 6.45) is 10.2. The van der Waals surface area contributed by atoms with Gasteiger partial charge in [0.1, 0.15) is 6.10 Å². The van der Waals surface area contributed by atoms with Gasteiger partial charge in [0.05, 0.1) is 5.25 Å². The van der Waals surface area contributed by atoms with E-state index in [-0.39, 0.29) is 17.4 Å². The van der Waals surface area contributed by atoms with E-state index in [4.69, 9.17) is 4.74 Å². The first kappa shape index (κ1) is 17.7. The number of nitrogens with zero attached hydrogens (tertiary/aromatic N) is 1. The van der Waals surface area contributed by atoms with Gasteiger partial charge in [-0.1, -0.05) is 25.3 Å². The van der Waals surface area contributed by atoms with Crippen LogP contribution in [0.2, 0.25) is 0 Å². The molecule has 0 aliphatic heterocycles. The average molecular weight is 353 g/mol. The van der Waals surface area contributed by atoms with Crippen molar-refractivity contribution in [1.82, 2.24) is 9.71 Å². The lowest BCUT2D eigenvalue weighted by molar-refractivity contribution is 0.138. The first-order valence-electron chi connectivity index (χ1n) is 9.13. The van der Waals surface area contributed by atoms with E-state index in [0.29, 0.717) is 5.88 Å². The molecule has 0 atom stereocenters. The zero-order valence-corrected chi connectivity index (χ0v) is 15.2. The van der Waals surface area contributed by atoms with Gasteiger partial charge in [-0.25, -0.2) is 18.1 Å². The van der Waals surface area contributed by atoms with Crippen LogP contribution in [0, 0.1) is 6.92 Å². The van der Waals surface area contributed by atoms with Crippen LogP contribution in [-0.2, 0) is 10.0 Å². The summed E-state index contributed by atoms with van der Waals surface area (Å²) >= 11 is 0. The molecule has 24 heavy (non-hydrogen) atoms. The second-order valence-electron chi connectivity index (χ2n) is 7.19. The van der Waals surface area contributed by atoms with Crippen molar-refractivity contribution in [3.8, 4) is 5.88 Å². The van der Waals surface area contributed by atoms with Crippen molar-refractivity contribution in [3.05, 3.63) is 23.9 Å². The van der Waals surface area contributed by atoms with Crippen LogP contribution < -0.4 is 9.46 Å². The highest BCUT2D eigenvalue weighted by atomic mass is 32.2. The van der Waals surface area contributed by atoms with E-state index >= 15 is 0 Å². The third-order valence-corrected chi connectivity index (χ3v) is 7.18. The Morgan fingerprint density at radius 2 is 1.75 bits per heavy atom. The Balaban J connectivity index is 1.47. The van der Waals surface area contributed by atoms with Crippen LogP contribution in [0.5, 0.6) is 5.88 Å². The molecule has 5 nitrogen and oxygen atoms in total. The van der Waals surface area contributed by atoms with Crippen molar-refractivity contribution < 1.29 is 13.2 Å². The third-order valence-electron chi connectivity index (χ3n) is 5.17. The molecule has 0 bridgehead atoms. The maximum Gasteiger partial charge on any atom is 0.214 e. The molecule has 0 unspecified atom stereocenters. The summed E-state index contributed by atoms with van der Waals surface area (Å²) in [6.45, 7) is 2.00. The van der Waals surface area contributed by atoms with E-state index in [1.807, 2.05) is 19.1 Å². The lowest BCUT2D eigenvalue weighted by atomic mass is 9.94. The highest BCUT2D eigenvalue weighted by Gasteiger charge is 2.31. The maximum absolute atomic E-state index is 12.5. The summed E-state index contributed by atoms with van der Waals surface area (Å²) in [5.74, 6) is 0.659. The molecule has 134 valence electrons. The Morgan fingerprint density at radius 1 is 1.04 bits per heavy atom. The van der Waals surface area contributed by atoms with Crippen LogP contribution in [-0.4, -0.2) is 30.8 Å². The average Bonchev–Trinajstić information content (AvgIpc) is 2.59. The van der Waals surface area contributed by atoms with Crippen LogP contribution in [0.25, 0.3) is 0 Å². The van der Waals surface area contributed by atoms with E-state index in [9.17, 15) is 8.42 Å². The Morgan fingerprint density at radius 3 is 2.38 bits per heavy atom. The summed E-state index contributed by atoms with van der Waals surface area (Å²) in [5, 5.41) is -0.183. The second-order valence-corrected chi connectivity index (χ2v) is 9.18. The number of hydrogen-bond donors (Lipinski definition) is 1. The van der Waals surface area contributed by atoms with Gasteiger partial charge in [-0.2, -0.15) is 0 Å². The first-order valence-corrected chi connectivity index (χ1v) is 10.7. The smallest absolute Gasteiger partial charge is 0.214 e. The van der Waals surface area contributed by atoms with Gasteiger partial charge in [-0.15, -0.1) is 0 Å². The number of hydrogen-bond acceptors (Lipinski definition) is 4. The zero-order valence-electron chi connectivity index (χ0n) is 14.4. The minimum Gasteiger partial charge on any atom is -0.474 e. The molecule has 1 aromatic rings. The molecule has 1 aromatic heterocycles. The minimum absolute atomic E-state index is 0.0581. The molecule has 0 spiro atoms. The number of aryl methyl sites for hydroxylation is 1. The minimum atomic E-state index is -3.17. The number of rotatable bonds is 5. The molecule has 1 N–H and O–H groups in total. The number of ether oxygens (including phenoxy) is 1. The molecule has 0 aromatic carbocycles. The third kappa shape index (κ3) is 4.70. The van der Waals surface area contributed by atoms with Gasteiger partial charge in [0, 0.05) is 18.3 Å². The van der Waals surface area contributed by atoms with Gasteiger partial charge in [-0.3, -0.25) is 0 Å². The highest BCUT2D eigenvalue weighted by Crippen LogP contribution is 2.27. The van der Waals surface area contributed by atoms with Crippen molar-refractivity contribution in [2.45, 2.75) is 82.1 Å². The summed E-state index contributed by atoms with van der Waals surface area (Å²) < 4.78 is 33.9. The summed E-state index contributed by atoms with van der Waals surface area (Å²) in [6, 6.07) is 3.95. The van der Waals surface area contributed by atoms with Crippen LogP contribution >= 0.6 is 0 Å². The van der Waals surface area contributed by atoms with E-state index < -0.39 is 10.0 Å². The monoisotopic (exact) mass is 352 g/mol. The summed E-state index contributed by atoms with van der Waals surface area (Å²) in [5.41, 5.74) is 1.11. The van der Waals surface area contributed by atoms with Gasteiger partial charge in [0.15, 0.2) is 0 Å². The fourth-order valence-corrected chi connectivity index (χ4v) is 5.54. The van der Waals surface area contributed by atoms with E-state index in [0.717, 1.165) is 56.9 Å². The van der Waals surface area contributed by atoms with Gasteiger partial charge < -0.3 is 4.74 Å². The van der Waals surface area contributed by atoms with Crippen LogP contribution in [0.15, 0.2) is 18.3 Å². The van der Waals surface area contributed by atoms with Crippen LogP contribution in [0.4, 0.5) is 0 Å². The van der Waals surface area contributed by atoms with Crippen molar-refractivity contribution >= 4 is 10.0 Å². The van der Waals surface area contributed by atoms with Gasteiger partial charge in [0.25, 0.3) is 0 Å². The van der Waals surface area contributed by atoms with E-state index in [1.165, 1.54) is 6.42 Å². The van der Waals surface area contributed by atoms with Crippen molar-refractivity contribution in [1.29, 1.82) is 0 Å². The molecule has 2 aliphatic rings. The lowest BCUT2D eigenvalue weighted by Crippen LogP contribution is -2.44. The normalized spacial score (nSPS) is 26.2. The van der Waals surface area contributed by atoms with Crippen LogP contribution in [0.1, 0.15) is 63.4 Å². The van der Waals surface area contributed by atoms with E-state index in [1.54, 1.807) is 6.20 Å². The molecule has 0 saturated heterocycles. The van der Waals surface area contributed by atoms with E-state index in [2.05, 4.69) is 9.71 Å². The van der Waals surface area contributed by atoms with Crippen molar-refractivity contribution in [3.63, 3.8) is 0 Å². The largest absolute Gasteiger partial charge is 0.474 e. The number of sulfonamides is 1. The summed E-state index contributed by atoms with van der Waals surface area (Å²) in [7, 11) is -3.17. The molecule has 0 radical (unpaired) electrons. The number of pyridine rings is 1. The predicted octanol–water partition coefficient (Wildman–Crippen LogP) is 3.33. The van der Waals surface area contributed by atoms with Gasteiger partial charge in [0.2, 0.25) is 15.9 Å². The zero-order chi connectivity index (χ0) is 17.0. The van der Waals surface area contributed by atoms with Gasteiger partial charge in [-0.05, 0) is 51.0 Å². The molecule has 0 amide bonds. The quantitative estimate of drug-likeness (QED) is 0.882. The fraction of sp³-hybridized carbons (Fsp3) is 0.722. The molecule has 2 aliphatic carbocycles. The first-order chi connectivity index (χ1) is 11.5. The standard InChI is InChI=1S/C18H28N2O3S/c1-14-7-12-18(19-13-14)23-16-10-8-15(9-11-16)20-24(21,22)17-5-3-2-4-6-17/h7,12-13,15-17,20H,2-6,8-11H2,1H3. The topological polar surface area (TPSA) is 68.3 Å². The molecule has 2 fully saturated rings. The number of nitrogens with one attached hydrogen (secondary N) is 1. The molecule has 2 saturated carbocycles. The maximum atomic E-state index is 12.5. The van der Waals surface area contributed by atoms with Crippen molar-refractivity contribution in [2.75, 3.05) is 0 Å². The Kier molecular flexibility index (Phi) is 5.76. The SMILES string of the molecule is Cc1ccc(OC2CCC(NS(=O)(=O)C3CCCCC3)CC2)nc1. The molecular weight excluding hydrogens is 324 g/mol. The molecular formula is C18H28N2O3S. The van der Waals surface area contributed by atoms with Gasteiger partial charge >= 0.3 is 0 Å². The molecule has 6 heteroatoms. The lowest BCUT2D eigenvalue weighted by Gasteiger charge is -2.31. The Labute approximate surface area is 145 Å². The predicted molar refractivity (Wildman–Crippen MR) is 94.6 cm³/mol. The highest BCUT2D eigenvalue weighted by molar-refractivity contribution is 7.90. The second kappa shape index (κ2) is 7.83. The molecule has 1 heterocycles. The Hall–Kier alpha value is -1.14. The number of aromatic nitrogens is 1. The van der Waals surface area contributed by atoms with Crippen LogP contribution in [0.3, 0.4) is 0 Å². The fourth-order valence-electron chi connectivity index (χ4n) is 3.70.